The molecule has 0 aliphatic heterocycles. The van der Waals surface area contributed by atoms with Crippen LogP contribution in [0.1, 0.15) is 48.9 Å². The Bertz CT molecular complexity index is 887. The van der Waals surface area contributed by atoms with Gasteiger partial charge in [-0.25, -0.2) is 0 Å². The Morgan fingerprint density at radius 3 is 2.16 bits per heavy atom. The summed E-state index contributed by atoms with van der Waals surface area (Å²) in [5, 5.41) is 5.46. The van der Waals surface area contributed by atoms with Crippen molar-refractivity contribution in [2.24, 2.45) is 5.92 Å². The molecule has 7 nitrogen and oxygen atoms in total. The van der Waals surface area contributed by atoms with Gasteiger partial charge in [0, 0.05) is 23.4 Å². The van der Waals surface area contributed by atoms with E-state index in [1.54, 1.807) is 55.6 Å². The van der Waals surface area contributed by atoms with Crippen molar-refractivity contribution < 1.29 is 23.9 Å². The molecule has 7 heteroatoms. The molecule has 164 valence electrons. The van der Waals surface area contributed by atoms with Gasteiger partial charge < -0.3 is 20.1 Å². The smallest absolute Gasteiger partial charge is 0.306 e. The maximum atomic E-state index is 12.3. The van der Waals surface area contributed by atoms with Crippen molar-refractivity contribution in [2.75, 3.05) is 24.4 Å². The average molecular weight is 424 g/mol. The second kappa shape index (κ2) is 11.2. The lowest BCUT2D eigenvalue weighted by molar-refractivity contribution is -0.147. The summed E-state index contributed by atoms with van der Waals surface area (Å²) in [5.74, 6) is 0.302. The average Bonchev–Trinajstić information content (AvgIpc) is 3.31. The molecule has 0 saturated heterocycles. The summed E-state index contributed by atoms with van der Waals surface area (Å²) in [6.45, 7) is -0.316. The largest absolute Gasteiger partial charge is 0.497 e. The molecule has 2 aromatic carbocycles. The predicted molar refractivity (Wildman–Crippen MR) is 118 cm³/mol. The molecular formula is C24H28N2O5. The van der Waals surface area contributed by atoms with E-state index in [1.165, 1.54) is 25.7 Å². The Morgan fingerprint density at radius 2 is 1.52 bits per heavy atom. The number of esters is 1. The van der Waals surface area contributed by atoms with Gasteiger partial charge in [0.2, 0.25) is 0 Å². The van der Waals surface area contributed by atoms with Gasteiger partial charge in [-0.2, -0.15) is 0 Å². The van der Waals surface area contributed by atoms with E-state index in [-0.39, 0.29) is 18.5 Å². The van der Waals surface area contributed by atoms with Crippen molar-refractivity contribution in [1.29, 1.82) is 0 Å². The fourth-order valence-electron chi connectivity index (χ4n) is 3.62. The third-order valence-corrected chi connectivity index (χ3v) is 5.37. The standard InChI is InChI=1S/C24H28N2O5/c1-30-21-13-11-20(12-14-21)26-24(29)18-7-9-19(10-8-18)25-22(27)16-31-23(28)15-6-17-4-2-3-5-17/h7-14,17H,2-6,15-16H2,1H3,(H,25,27)(H,26,29). The molecule has 1 aliphatic carbocycles. The van der Waals surface area contributed by atoms with Crippen molar-refractivity contribution >= 4 is 29.2 Å². The zero-order valence-electron chi connectivity index (χ0n) is 17.7. The highest BCUT2D eigenvalue weighted by Gasteiger charge is 2.17. The van der Waals surface area contributed by atoms with Gasteiger partial charge in [0.15, 0.2) is 6.61 Å². The molecule has 0 bridgehead atoms. The zero-order chi connectivity index (χ0) is 22.1. The highest BCUT2D eigenvalue weighted by Crippen LogP contribution is 2.28. The molecule has 3 rings (SSSR count). The molecule has 2 aromatic rings. The summed E-state index contributed by atoms with van der Waals surface area (Å²) in [6.07, 6.45) is 6.04. The Labute approximate surface area is 182 Å². The van der Waals surface area contributed by atoms with Gasteiger partial charge in [0.25, 0.3) is 11.8 Å². The van der Waals surface area contributed by atoms with E-state index < -0.39 is 5.91 Å². The first kappa shape index (κ1) is 22.3. The molecule has 0 spiro atoms. The lowest BCUT2D eigenvalue weighted by Crippen LogP contribution is -2.21. The molecular weight excluding hydrogens is 396 g/mol. The Kier molecular flexibility index (Phi) is 8.04. The minimum absolute atomic E-state index is 0.265. The number of carbonyl (C=O) groups is 3. The monoisotopic (exact) mass is 424 g/mol. The van der Waals surface area contributed by atoms with Crippen molar-refractivity contribution in [3.05, 3.63) is 54.1 Å². The van der Waals surface area contributed by atoms with E-state index in [0.29, 0.717) is 35.0 Å². The fraction of sp³-hybridized carbons (Fsp3) is 0.375. The van der Waals surface area contributed by atoms with Crippen LogP contribution in [-0.4, -0.2) is 31.5 Å². The van der Waals surface area contributed by atoms with Crippen LogP contribution < -0.4 is 15.4 Å². The number of benzene rings is 2. The van der Waals surface area contributed by atoms with Crippen LogP contribution in [-0.2, 0) is 14.3 Å². The van der Waals surface area contributed by atoms with Crippen LogP contribution in [0.2, 0.25) is 0 Å². The normalized spacial score (nSPS) is 13.5. The van der Waals surface area contributed by atoms with Gasteiger partial charge in [0.05, 0.1) is 7.11 Å². The van der Waals surface area contributed by atoms with Gasteiger partial charge in [-0.3, -0.25) is 14.4 Å². The molecule has 1 aliphatic rings. The first-order valence-electron chi connectivity index (χ1n) is 10.5. The molecule has 0 heterocycles. The number of rotatable bonds is 9. The van der Waals surface area contributed by atoms with Crippen molar-refractivity contribution in [2.45, 2.75) is 38.5 Å². The molecule has 0 atom stereocenters. The number of hydrogen-bond donors (Lipinski definition) is 2. The van der Waals surface area contributed by atoms with E-state index in [9.17, 15) is 14.4 Å². The molecule has 1 saturated carbocycles. The van der Waals surface area contributed by atoms with Gasteiger partial charge >= 0.3 is 5.97 Å². The van der Waals surface area contributed by atoms with Gasteiger partial charge in [-0.15, -0.1) is 0 Å². The first-order chi connectivity index (χ1) is 15.0. The quantitative estimate of drug-likeness (QED) is 0.582. The summed E-state index contributed by atoms with van der Waals surface area (Å²) in [5.41, 5.74) is 1.62. The molecule has 1 fully saturated rings. The Hall–Kier alpha value is -3.35. The second-order valence-corrected chi connectivity index (χ2v) is 7.66. The summed E-state index contributed by atoms with van der Waals surface area (Å²) in [6, 6.07) is 13.5. The summed E-state index contributed by atoms with van der Waals surface area (Å²) >= 11 is 0. The third kappa shape index (κ3) is 7.13. The summed E-state index contributed by atoms with van der Waals surface area (Å²) < 4.78 is 10.1. The Balaban J connectivity index is 1.40. The van der Waals surface area contributed by atoms with Crippen LogP contribution in [0.4, 0.5) is 11.4 Å². The van der Waals surface area contributed by atoms with E-state index in [4.69, 9.17) is 9.47 Å². The first-order valence-corrected chi connectivity index (χ1v) is 10.5. The SMILES string of the molecule is COc1ccc(NC(=O)c2ccc(NC(=O)COC(=O)CCC3CCCC3)cc2)cc1. The molecule has 2 amide bonds. The van der Waals surface area contributed by atoms with Gasteiger partial charge in [0.1, 0.15) is 5.75 Å². The van der Waals surface area contributed by atoms with Crippen molar-refractivity contribution in [3.8, 4) is 5.75 Å². The lowest BCUT2D eigenvalue weighted by Gasteiger charge is -2.10. The summed E-state index contributed by atoms with van der Waals surface area (Å²) in [7, 11) is 1.58. The number of anilines is 2. The molecule has 0 aromatic heterocycles. The van der Waals surface area contributed by atoms with E-state index in [1.807, 2.05) is 0 Å². The minimum Gasteiger partial charge on any atom is -0.497 e. The van der Waals surface area contributed by atoms with E-state index >= 15 is 0 Å². The fourth-order valence-corrected chi connectivity index (χ4v) is 3.62. The lowest BCUT2D eigenvalue weighted by atomic mass is 10.0. The summed E-state index contributed by atoms with van der Waals surface area (Å²) in [4.78, 5) is 36.2. The number of carbonyl (C=O) groups excluding carboxylic acids is 3. The van der Waals surface area contributed by atoms with Crippen LogP contribution in [0.5, 0.6) is 5.75 Å². The van der Waals surface area contributed by atoms with Crippen LogP contribution in [0.15, 0.2) is 48.5 Å². The van der Waals surface area contributed by atoms with Gasteiger partial charge in [-0.05, 0) is 60.9 Å². The highest BCUT2D eigenvalue weighted by molar-refractivity contribution is 6.04. The van der Waals surface area contributed by atoms with Gasteiger partial charge in [-0.1, -0.05) is 25.7 Å². The van der Waals surface area contributed by atoms with Crippen LogP contribution >= 0.6 is 0 Å². The Morgan fingerprint density at radius 1 is 0.903 bits per heavy atom. The minimum atomic E-state index is -0.412. The number of hydrogen-bond acceptors (Lipinski definition) is 5. The molecule has 0 unspecified atom stereocenters. The third-order valence-electron chi connectivity index (χ3n) is 5.37. The predicted octanol–water partition coefficient (Wildman–Crippen LogP) is 4.40. The number of ether oxygens (including phenoxy) is 2. The van der Waals surface area contributed by atoms with E-state index in [0.717, 1.165) is 6.42 Å². The number of amides is 2. The van der Waals surface area contributed by atoms with Crippen LogP contribution in [0.3, 0.4) is 0 Å². The van der Waals surface area contributed by atoms with Crippen molar-refractivity contribution in [3.63, 3.8) is 0 Å². The maximum absolute atomic E-state index is 12.3. The van der Waals surface area contributed by atoms with Crippen molar-refractivity contribution in [1.82, 2.24) is 0 Å². The highest BCUT2D eigenvalue weighted by atomic mass is 16.5. The van der Waals surface area contributed by atoms with Crippen LogP contribution in [0.25, 0.3) is 0 Å². The maximum Gasteiger partial charge on any atom is 0.306 e. The number of methoxy groups -OCH3 is 1. The molecule has 2 N–H and O–H groups in total. The molecule has 31 heavy (non-hydrogen) atoms. The van der Waals surface area contributed by atoms with Crippen LogP contribution in [0, 0.1) is 5.92 Å². The molecule has 0 radical (unpaired) electrons. The second-order valence-electron chi connectivity index (χ2n) is 7.66. The topological polar surface area (TPSA) is 93.7 Å². The van der Waals surface area contributed by atoms with E-state index in [2.05, 4.69) is 10.6 Å². The zero-order valence-corrected chi connectivity index (χ0v) is 17.7. The number of nitrogens with one attached hydrogen (secondary N) is 2.